The number of benzene rings is 1. The van der Waals surface area contributed by atoms with Gasteiger partial charge in [-0.25, -0.2) is 4.98 Å². The maximum atomic E-state index is 13.0. The summed E-state index contributed by atoms with van der Waals surface area (Å²) in [5.41, 5.74) is 7.00. The summed E-state index contributed by atoms with van der Waals surface area (Å²) in [6, 6.07) is 13.5. The van der Waals surface area contributed by atoms with Crippen molar-refractivity contribution in [1.82, 2.24) is 9.88 Å². The molecule has 1 aromatic carbocycles. The fourth-order valence-corrected chi connectivity index (χ4v) is 3.69. The molecule has 0 saturated carbocycles. The lowest BCUT2D eigenvalue weighted by atomic mass is 9.77. The van der Waals surface area contributed by atoms with Gasteiger partial charge in [0.25, 0.3) is 0 Å². The summed E-state index contributed by atoms with van der Waals surface area (Å²) in [5.74, 6) is -1.15. The van der Waals surface area contributed by atoms with E-state index in [1.807, 2.05) is 37.3 Å². The van der Waals surface area contributed by atoms with Gasteiger partial charge >= 0.3 is 11.8 Å². The summed E-state index contributed by atoms with van der Waals surface area (Å²) in [4.78, 5) is 31.3. The van der Waals surface area contributed by atoms with Crippen LogP contribution in [0.25, 0.3) is 0 Å². The first-order valence-corrected chi connectivity index (χ1v) is 9.15. The highest BCUT2D eigenvalue weighted by Gasteiger charge is 2.44. The first-order valence-electron chi connectivity index (χ1n) is 9.15. The van der Waals surface area contributed by atoms with E-state index in [1.54, 1.807) is 17.9 Å². The molecule has 7 heteroatoms. The number of hydrogen-bond donors (Lipinski definition) is 2. The molecule has 1 saturated heterocycles. The molecule has 28 heavy (non-hydrogen) atoms. The van der Waals surface area contributed by atoms with Crippen molar-refractivity contribution in [1.29, 1.82) is 5.26 Å². The number of amides is 2. The van der Waals surface area contributed by atoms with E-state index in [9.17, 15) is 14.9 Å². The van der Waals surface area contributed by atoms with Gasteiger partial charge in [-0.05, 0) is 43.9 Å². The average Bonchev–Trinajstić information content (AvgIpc) is 2.70. The van der Waals surface area contributed by atoms with Crippen molar-refractivity contribution in [2.24, 2.45) is 5.92 Å². The number of carbonyl (C=O) groups is 2. The largest absolute Gasteiger partial charge is 0.383 e. The molecule has 0 unspecified atom stereocenters. The minimum absolute atomic E-state index is 0.165. The molecule has 1 aliphatic rings. The number of carbonyl (C=O) groups excluding carboxylic acids is 2. The van der Waals surface area contributed by atoms with Gasteiger partial charge in [0.2, 0.25) is 0 Å². The summed E-state index contributed by atoms with van der Waals surface area (Å²) in [6.45, 7) is 4.03. The third-order valence-electron chi connectivity index (χ3n) is 5.34. The highest BCUT2D eigenvalue weighted by molar-refractivity contribution is 6.39. The third-order valence-corrected chi connectivity index (χ3v) is 5.34. The van der Waals surface area contributed by atoms with Gasteiger partial charge in [0.05, 0.1) is 29.4 Å². The molecule has 2 heterocycles. The monoisotopic (exact) mass is 377 g/mol. The number of aryl methyl sites for hydroxylation is 1. The molecule has 1 aromatic heterocycles. The smallest absolute Gasteiger partial charge is 0.313 e. The predicted octanol–water partition coefficient (Wildman–Crippen LogP) is 2.59. The van der Waals surface area contributed by atoms with E-state index >= 15 is 0 Å². The number of likely N-dealkylation sites (tertiary alicyclic amines) is 1. The number of rotatable bonds is 2. The molecule has 3 N–H and O–H groups in total. The van der Waals surface area contributed by atoms with Crippen LogP contribution in [-0.4, -0.2) is 28.2 Å². The van der Waals surface area contributed by atoms with Crippen LogP contribution in [0.5, 0.6) is 0 Å². The number of nitrogens with two attached hydrogens (primary N) is 1. The lowest BCUT2D eigenvalue weighted by Crippen LogP contribution is -2.55. The Bertz CT molecular complexity index is 938. The number of hydrogen-bond acceptors (Lipinski definition) is 5. The second kappa shape index (κ2) is 7.69. The van der Waals surface area contributed by atoms with Crippen LogP contribution in [0.2, 0.25) is 0 Å². The van der Waals surface area contributed by atoms with Crippen molar-refractivity contribution in [3.05, 3.63) is 53.7 Å². The van der Waals surface area contributed by atoms with Gasteiger partial charge in [0.1, 0.15) is 5.82 Å². The van der Waals surface area contributed by atoms with Gasteiger partial charge in [-0.2, -0.15) is 5.26 Å². The number of nitriles is 1. The van der Waals surface area contributed by atoms with E-state index in [2.05, 4.69) is 16.4 Å². The quantitative estimate of drug-likeness (QED) is 0.781. The predicted molar refractivity (Wildman–Crippen MR) is 106 cm³/mol. The van der Waals surface area contributed by atoms with E-state index in [1.165, 1.54) is 6.20 Å². The zero-order chi connectivity index (χ0) is 20.3. The summed E-state index contributed by atoms with van der Waals surface area (Å²) in [5, 5.41) is 12.0. The van der Waals surface area contributed by atoms with Crippen molar-refractivity contribution in [3.8, 4) is 6.07 Å². The molecule has 3 rings (SSSR count). The van der Waals surface area contributed by atoms with Gasteiger partial charge in [0, 0.05) is 6.54 Å². The molecule has 2 aromatic rings. The molecule has 144 valence electrons. The van der Waals surface area contributed by atoms with E-state index in [4.69, 9.17) is 5.73 Å². The average molecular weight is 377 g/mol. The van der Waals surface area contributed by atoms with E-state index in [-0.39, 0.29) is 5.92 Å². The van der Waals surface area contributed by atoms with Gasteiger partial charge in [-0.15, -0.1) is 0 Å². The Hall–Kier alpha value is -3.40. The second-order valence-corrected chi connectivity index (χ2v) is 7.30. The topological polar surface area (TPSA) is 112 Å². The van der Waals surface area contributed by atoms with Gasteiger partial charge < -0.3 is 16.0 Å². The summed E-state index contributed by atoms with van der Waals surface area (Å²) >= 11 is 0. The number of anilines is 2. The lowest BCUT2D eigenvalue weighted by Gasteiger charge is -2.46. The van der Waals surface area contributed by atoms with Crippen molar-refractivity contribution < 1.29 is 9.59 Å². The Kier molecular flexibility index (Phi) is 5.32. The molecule has 7 nitrogen and oxygen atoms in total. The zero-order valence-electron chi connectivity index (χ0n) is 16.0. The van der Waals surface area contributed by atoms with E-state index in [0.717, 1.165) is 5.56 Å². The number of nitrogen functional groups attached to an aromatic ring is 1. The van der Waals surface area contributed by atoms with Gasteiger partial charge in [-0.1, -0.05) is 30.3 Å². The highest BCUT2D eigenvalue weighted by atomic mass is 16.2. The van der Waals surface area contributed by atoms with Gasteiger partial charge in [0.15, 0.2) is 0 Å². The van der Waals surface area contributed by atoms with Gasteiger partial charge in [-0.3, -0.25) is 9.59 Å². The van der Waals surface area contributed by atoms with Crippen molar-refractivity contribution in [2.75, 3.05) is 17.6 Å². The number of aromatic nitrogens is 1. The highest BCUT2D eigenvalue weighted by Crippen LogP contribution is 2.39. The van der Waals surface area contributed by atoms with Crippen LogP contribution in [0.3, 0.4) is 0 Å². The van der Waals surface area contributed by atoms with Crippen LogP contribution >= 0.6 is 0 Å². The van der Waals surface area contributed by atoms with Crippen molar-refractivity contribution in [3.63, 3.8) is 0 Å². The number of piperidine rings is 1. The number of nitrogens with zero attached hydrogens (tertiary/aromatic N) is 3. The molecule has 0 aliphatic carbocycles. The van der Waals surface area contributed by atoms with Crippen molar-refractivity contribution >= 4 is 23.3 Å². The molecule has 0 radical (unpaired) electrons. The molecular formula is C21H23N5O2. The molecular weight excluding hydrogens is 354 g/mol. The van der Waals surface area contributed by atoms with Crippen LogP contribution in [0, 0.1) is 24.2 Å². The molecule has 2 amide bonds. The molecule has 1 fully saturated rings. The Morgan fingerprint density at radius 2 is 2.07 bits per heavy atom. The van der Waals surface area contributed by atoms with Crippen LogP contribution in [0.4, 0.5) is 11.5 Å². The third kappa shape index (κ3) is 3.67. The van der Waals surface area contributed by atoms with Crippen LogP contribution in [-0.2, 0) is 15.1 Å². The molecule has 2 atom stereocenters. The summed E-state index contributed by atoms with van der Waals surface area (Å²) in [7, 11) is 0. The van der Waals surface area contributed by atoms with Crippen molar-refractivity contribution in [2.45, 2.75) is 32.2 Å². The minimum atomic E-state index is -0.733. The Balaban J connectivity index is 1.86. The van der Waals surface area contributed by atoms with Crippen LogP contribution < -0.4 is 11.1 Å². The lowest BCUT2D eigenvalue weighted by molar-refractivity contribution is -0.150. The maximum absolute atomic E-state index is 13.0. The fourth-order valence-electron chi connectivity index (χ4n) is 3.69. The van der Waals surface area contributed by atoms with E-state index in [0.29, 0.717) is 36.5 Å². The normalized spacial score (nSPS) is 21.6. The van der Waals surface area contributed by atoms with Crippen LogP contribution in [0.15, 0.2) is 42.6 Å². The standard InChI is InChI=1S/C21H23N5O2/c1-14-10-17(13-24-18(14)23)25-19(27)20(28)26-9-8-15(12-22)11-21(26,2)16-6-4-3-5-7-16/h3-7,10,13,15H,8-9,11H2,1-2H3,(H2,23,24)(H,25,27)/t15-,21-/m0/s1. The number of pyridine rings is 1. The summed E-state index contributed by atoms with van der Waals surface area (Å²) < 4.78 is 0. The van der Waals surface area contributed by atoms with Crippen LogP contribution in [0.1, 0.15) is 30.9 Å². The minimum Gasteiger partial charge on any atom is -0.383 e. The molecule has 1 aliphatic heterocycles. The zero-order valence-corrected chi connectivity index (χ0v) is 16.0. The SMILES string of the molecule is Cc1cc(NC(=O)C(=O)N2CC[C@H](C#N)C[C@@]2(C)c2ccccc2)cnc1N. The molecule has 0 bridgehead atoms. The Morgan fingerprint density at radius 3 is 2.71 bits per heavy atom. The Morgan fingerprint density at radius 1 is 1.36 bits per heavy atom. The first-order chi connectivity index (χ1) is 13.3. The molecule has 0 spiro atoms. The maximum Gasteiger partial charge on any atom is 0.313 e. The Labute approximate surface area is 164 Å². The first kappa shape index (κ1) is 19.4. The fraction of sp³-hybridized carbons (Fsp3) is 0.333. The second-order valence-electron chi connectivity index (χ2n) is 7.30. The summed E-state index contributed by atoms with van der Waals surface area (Å²) in [6.07, 6.45) is 2.45. The number of nitrogens with one attached hydrogen (secondary N) is 1. The van der Waals surface area contributed by atoms with E-state index < -0.39 is 17.4 Å².